The van der Waals surface area contributed by atoms with E-state index in [4.69, 9.17) is 0 Å². The van der Waals surface area contributed by atoms with E-state index in [-0.39, 0.29) is 11.1 Å². The molecule has 1 aromatic heterocycles. The summed E-state index contributed by atoms with van der Waals surface area (Å²) in [4.78, 5) is 0.425. The van der Waals surface area contributed by atoms with Gasteiger partial charge in [-0.3, -0.25) is 0 Å². The van der Waals surface area contributed by atoms with E-state index in [1.165, 1.54) is 10.4 Å². The summed E-state index contributed by atoms with van der Waals surface area (Å²) >= 11 is 0. The van der Waals surface area contributed by atoms with Gasteiger partial charge in [0.15, 0.2) is 0 Å². The zero-order valence-electron chi connectivity index (χ0n) is 20.8. The fraction of sp³-hybridized carbons (Fsp3) is 0.200. The summed E-state index contributed by atoms with van der Waals surface area (Å²) in [7, 11) is -6.20. The minimum Gasteiger partial charge on any atom is -0.365 e. The second-order valence-electron chi connectivity index (χ2n) is 10.6. The van der Waals surface area contributed by atoms with E-state index in [0.717, 1.165) is 16.8 Å². The van der Waals surface area contributed by atoms with Crippen LogP contribution in [-0.2, 0) is 10.0 Å². The molecule has 0 saturated heterocycles. The normalized spacial score (nSPS) is 18.8. The fourth-order valence-corrected chi connectivity index (χ4v) is 13.7. The van der Waals surface area contributed by atoms with Gasteiger partial charge >= 0.3 is 0 Å². The second kappa shape index (κ2) is 8.16. The third kappa shape index (κ3) is 3.11. The summed E-state index contributed by atoms with van der Waals surface area (Å²) in [6.07, 6.45) is 6.37. The average molecular weight is 511 g/mol. The quantitative estimate of drug-likeness (QED) is 0.363. The molecule has 4 aromatic rings. The summed E-state index contributed by atoms with van der Waals surface area (Å²) in [6, 6.07) is 31.0. The lowest BCUT2D eigenvalue weighted by Crippen LogP contribution is -2.69. The predicted octanol–water partition coefficient (Wildman–Crippen LogP) is 5.02. The summed E-state index contributed by atoms with van der Waals surface area (Å²) in [5.74, 6) is 0. The van der Waals surface area contributed by atoms with Crippen molar-refractivity contribution in [1.29, 1.82) is 0 Å². The van der Waals surface area contributed by atoms with Crippen LogP contribution in [0.3, 0.4) is 0 Å². The highest BCUT2D eigenvalue weighted by atomic mass is 32.2. The fourth-order valence-electron chi connectivity index (χ4n) is 6.35. The average Bonchev–Trinajstić information content (AvgIpc) is 3.29. The molecule has 0 bridgehead atoms. The van der Waals surface area contributed by atoms with Gasteiger partial charge in [0, 0.05) is 12.2 Å². The molecule has 2 aliphatic heterocycles. The van der Waals surface area contributed by atoms with E-state index >= 15 is 0 Å². The molecule has 4 nitrogen and oxygen atoms in total. The first-order chi connectivity index (χ1) is 17.3. The number of benzene rings is 3. The molecular formula is C30H30N2O2SSi. The molecule has 0 radical (unpaired) electrons. The molecule has 0 spiro atoms. The van der Waals surface area contributed by atoms with Gasteiger partial charge in [-0.25, -0.2) is 8.42 Å². The highest BCUT2D eigenvalue weighted by Gasteiger charge is 2.52. The van der Waals surface area contributed by atoms with Crippen molar-refractivity contribution in [2.75, 3.05) is 6.54 Å². The van der Waals surface area contributed by atoms with Crippen molar-refractivity contribution >= 4 is 34.7 Å². The van der Waals surface area contributed by atoms with Crippen molar-refractivity contribution in [2.24, 2.45) is 0 Å². The molecule has 36 heavy (non-hydrogen) atoms. The van der Waals surface area contributed by atoms with Gasteiger partial charge in [0.25, 0.3) is 0 Å². The number of nitrogens with zero attached hydrogens (tertiary/aromatic N) is 2. The molecule has 6 heteroatoms. The van der Waals surface area contributed by atoms with Crippen molar-refractivity contribution < 1.29 is 8.42 Å². The van der Waals surface area contributed by atoms with E-state index in [9.17, 15) is 8.42 Å². The second-order valence-corrected chi connectivity index (χ2v) is 17.1. The highest BCUT2D eigenvalue weighted by molar-refractivity contribution is 7.89. The van der Waals surface area contributed by atoms with Crippen molar-refractivity contribution in [3.63, 3.8) is 0 Å². The maximum atomic E-state index is 13.5. The largest absolute Gasteiger partial charge is 0.365 e. The Morgan fingerprint density at radius 2 is 1.36 bits per heavy atom. The van der Waals surface area contributed by atoms with Crippen LogP contribution in [0.2, 0.25) is 5.04 Å². The summed E-state index contributed by atoms with van der Waals surface area (Å²) < 4.78 is 31.1. The van der Waals surface area contributed by atoms with Gasteiger partial charge in [0.1, 0.15) is 0 Å². The first kappa shape index (κ1) is 23.2. The Morgan fingerprint density at radius 1 is 0.778 bits per heavy atom. The van der Waals surface area contributed by atoms with Gasteiger partial charge in [-0.1, -0.05) is 106 Å². The number of fused-ring (bicyclic) bond motifs is 5. The summed E-state index contributed by atoms with van der Waals surface area (Å²) in [6.45, 7) is 7.38. The topological polar surface area (TPSA) is 42.3 Å². The van der Waals surface area contributed by atoms with Crippen molar-refractivity contribution in [1.82, 2.24) is 8.54 Å². The Labute approximate surface area is 214 Å². The molecule has 6 rings (SSSR count). The van der Waals surface area contributed by atoms with E-state index in [0.29, 0.717) is 11.4 Å². The van der Waals surface area contributed by atoms with Crippen molar-refractivity contribution in [2.45, 2.75) is 36.7 Å². The predicted molar refractivity (Wildman–Crippen MR) is 149 cm³/mol. The van der Waals surface area contributed by atoms with Gasteiger partial charge in [0.05, 0.1) is 10.9 Å². The molecule has 3 aromatic carbocycles. The van der Waals surface area contributed by atoms with Gasteiger partial charge in [-0.15, -0.1) is 0 Å². The molecule has 2 aliphatic rings. The molecule has 0 fully saturated rings. The number of sulfonamides is 1. The highest BCUT2D eigenvalue weighted by Crippen LogP contribution is 2.47. The van der Waals surface area contributed by atoms with Gasteiger partial charge in [-0.05, 0) is 50.9 Å². The van der Waals surface area contributed by atoms with Crippen molar-refractivity contribution in [3.05, 3.63) is 120 Å². The van der Waals surface area contributed by atoms with E-state index < -0.39 is 18.3 Å². The maximum Gasteiger partial charge on any atom is 0.244 e. The standard InChI is InChI=1S/C30H30N2O2SSi/c1-30(2,3)36(23-13-6-4-7-14-23,24-15-8-5-9-16-24)32-22-20-25-27(32)18-12-21-31-29(25)26-17-10-11-19-28(26)35(31,33)34/h4-20,22,29H,21H2,1-3H3. The van der Waals surface area contributed by atoms with E-state index in [1.807, 2.05) is 24.3 Å². The molecule has 0 N–H and O–H groups in total. The van der Waals surface area contributed by atoms with Crippen LogP contribution in [0.5, 0.6) is 0 Å². The smallest absolute Gasteiger partial charge is 0.244 e. The van der Waals surface area contributed by atoms with Crippen LogP contribution in [0.15, 0.2) is 108 Å². The maximum absolute atomic E-state index is 13.5. The van der Waals surface area contributed by atoms with Crippen LogP contribution >= 0.6 is 0 Å². The Balaban J connectivity index is 1.68. The number of aromatic nitrogens is 1. The Kier molecular flexibility index (Phi) is 5.27. The van der Waals surface area contributed by atoms with Crippen LogP contribution in [0.25, 0.3) is 6.08 Å². The third-order valence-corrected chi connectivity index (χ3v) is 15.3. The lowest BCUT2D eigenvalue weighted by atomic mass is 9.99. The number of rotatable bonds is 3. The summed E-state index contributed by atoms with van der Waals surface area (Å²) in [5, 5.41) is 2.58. The molecule has 3 heterocycles. The monoisotopic (exact) mass is 510 g/mol. The van der Waals surface area contributed by atoms with Crippen LogP contribution in [0, 0.1) is 0 Å². The van der Waals surface area contributed by atoms with Crippen molar-refractivity contribution in [3.8, 4) is 0 Å². The summed E-state index contributed by atoms with van der Waals surface area (Å²) in [5.41, 5.74) is 3.01. The zero-order valence-corrected chi connectivity index (χ0v) is 22.6. The first-order valence-electron chi connectivity index (χ1n) is 12.4. The number of hydrogen-bond acceptors (Lipinski definition) is 2. The SMILES string of the molecule is CC(C)(C)[Si](c1ccccc1)(c1ccccc1)n1ccc2c1C=CCN1C2c2ccccc2S1(=O)=O. The van der Waals surface area contributed by atoms with Gasteiger partial charge < -0.3 is 4.23 Å². The Hall–Kier alpha value is -3.19. The van der Waals surface area contributed by atoms with E-state index in [2.05, 4.69) is 104 Å². The minimum absolute atomic E-state index is 0.0814. The Bertz CT molecular complexity index is 1530. The van der Waals surface area contributed by atoms with Crippen LogP contribution in [0.4, 0.5) is 0 Å². The van der Waals surface area contributed by atoms with Gasteiger partial charge in [0.2, 0.25) is 18.3 Å². The molecule has 0 aliphatic carbocycles. The van der Waals surface area contributed by atoms with Gasteiger partial charge in [-0.2, -0.15) is 4.31 Å². The lowest BCUT2D eigenvalue weighted by molar-refractivity contribution is 0.412. The molecule has 1 atom stereocenters. The first-order valence-corrected chi connectivity index (χ1v) is 15.8. The Morgan fingerprint density at radius 3 is 1.97 bits per heavy atom. The van der Waals surface area contributed by atoms with Crippen LogP contribution in [-0.4, -0.2) is 31.7 Å². The number of hydrogen-bond donors (Lipinski definition) is 0. The molecule has 1 unspecified atom stereocenters. The van der Waals surface area contributed by atoms with Crippen LogP contribution < -0.4 is 10.4 Å². The molecule has 0 amide bonds. The zero-order chi connectivity index (χ0) is 25.1. The molecular weight excluding hydrogens is 480 g/mol. The van der Waals surface area contributed by atoms with Crippen LogP contribution in [0.1, 0.15) is 43.6 Å². The minimum atomic E-state index is -3.55. The third-order valence-electron chi connectivity index (χ3n) is 7.73. The lowest BCUT2D eigenvalue weighted by Gasteiger charge is -2.45. The van der Waals surface area contributed by atoms with E-state index in [1.54, 1.807) is 10.4 Å². The molecule has 182 valence electrons. The molecule has 0 saturated carbocycles.